The van der Waals surface area contributed by atoms with Crippen LogP contribution in [0.15, 0.2) is 0 Å². The fourth-order valence-corrected chi connectivity index (χ4v) is 2.40. The second-order valence-electron chi connectivity index (χ2n) is 4.53. The van der Waals surface area contributed by atoms with Gasteiger partial charge in [-0.3, -0.25) is 9.80 Å². The van der Waals surface area contributed by atoms with Crippen LogP contribution in [0.2, 0.25) is 0 Å². The van der Waals surface area contributed by atoms with E-state index in [2.05, 4.69) is 6.92 Å². The zero-order valence-electron chi connectivity index (χ0n) is 9.98. The number of amides is 3. The molecule has 2 aliphatic rings. The van der Waals surface area contributed by atoms with E-state index in [0.717, 1.165) is 32.4 Å². The molecular weight excluding hydrogens is 206 g/mol. The molecule has 2 fully saturated rings. The fraction of sp³-hybridized carbons (Fsp3) is 0.818. The molecule has 3 amide bonds. The van der Waals surface area contributed by atoms with Gasteiger partial charge in [0.2, 0.25) is 5.91 Å². The molecule has 0 aromatic carbocycles. The molecule has 0 saturated carbocycles. The van der Waals surface area contributed by atoms with Gasteiger partial charge in [0.15, 0.2) is 0 Å². The average Bonchev–Trinajstić information content (AvgIpc) is 2.55. The van der Waals surface area contributed by atoms with Crippen molar-refractivity contribution >= 4 is 11.9 Å². The van der Waals surface area contributed by atoms with Crippen LogP contribution in [-0.4, -0.2) is 53.0 Å². The maximum atomic E-state index is 12.1. The molecule has 5 nitrogen and oxygen atoms in total. The van der Waals surface area contributed by atoms with E-state index >= 15 is 0 Å². The van der Waals surface area contributed by atoms with Crippen molar-refractivity contribution in [1.29, 1.82) is 0 Å². The minimum Gasteiger partial charge on any atom is -0.323 e. The number of unbranched alkanes of at least 4 members (excludes halogenated alkanes) is 1. The van der Waals surface area contributed by atoms with Crippen LogP contribution in [0.3, 0.4) is 0 Å². The molecule has 2 saturated heterocycles. The Morgan fingerprint density at radius 1 is 1.38 bits per heavy atom. The Labute approximate surface area is 95.9 Å². The van der Waals surface area contributed by atoms with Crippen molar-refractivity contribution in [3.05, 3.63) is 0 Å². The molecule has 0 radical (unpaired) electrons. The number of fused-ring (bicyclic) bond motifs is 1. The smallest absolute Gasteiger partial charge is 0.323 e. The van der Waals surface area contributed by atoms with Crippen molar-refractivity contribution in [2.75, 3.05) is 20.1 Å². The summed E-state index contributed by atoms with van der Waals surface area (Å²) in [6.07, 6.45) is 3.51. The van der Waals surface area contributed by atoms with Crippen LogP contribution in [0.5, 0.6) is 0 Å². The molecular formula is C11H19N3O2. The largest absolute Gasteiger partial charge is 0.339 e. The van der Waals surface area contributed by atoms with E-state index in [4.69, 9.17) is 0 Å². The van der Waals surface area contributed by atoms with Gasteiger partial charge in [-0.25, -0.2) is 9.80 Å². The topological polar surface area (TPSA) is 43.9 Å². The van der Waals surface area contributed by atoms with Crippen molar-refractivity contribution in [1.82, 2.24) is 14.9 Å². The predicted octanol–water partition coefficient (Wildman–Crippen LogP) is 1.06. The van der Waals surface area contributed by atoms with Crippen LogP contribution in [0.1, 0.15) is 32.6 Å². The number of hydrazine groups is 1. The third-order valence-electron chi connectivity index (χ3n) is 3.42. The third kappa shape index (κ3) is 1.74. The van der Waals surface area contributed by atoms with Gasteiger partial charge < -0.3 is 4.90 Å². The first-order valence-corrected chi connectivity index (χ1v) is 5.99. The van der Waals surface area contributed by atoms with Crippen LogP contribution in [0, 0.1) is 0 Å². The molecule has 2 heterocycles. The summed E-state index contributed by atoms with van der Waals surface area (Å²) in [4.78, 5) is 25.5. The summed E-state index contributed by atoms with van der Waals surface area (Å²) in [5.41, 5.74) is 0. The molecule has 16 heavy (non-hydrogen) atoms. The molecule has 0 N–H and O–H groups in total. The molecule has 5 heteroatoms. The molecule has 0 aliphatic carbocycles. The van der Waals surface area contributed by atoms with E-state index in [1.165, 1.54) is 5.01 Å². The minimum atomic E-state index is -0.00181. The molecule has 0 aromatic heterocycles. The van der Waals surface area contributed by atoms with Gasteiger partial charge in [-0.05, 0) is 12.8 Å². The molecule has 0 spiro atoms. The number of nitrogens with zero attached hydrogens (tertiary/aromatic N) is 3. The molecule has 0 bridgehead atoms. The van der Waals surface area contributed by atoms with Crippen LogP contribution in [0.25, 0.3) is 0 Å². The van der Waals surface area contributed by atoms with Crippen molar-refractivity contribution in [2.45, 2.75) is 38.6 Å². The summed E-state index contributed by atoms with van der Waals surface area (Å²) in [5.74, 6) is 0.0516. The summed E-state index contributed by atoms with van der Waals surface area (Å²) in [6, 6.07) is 0.0981. The number of rotatable bonds is 3. The molecule has 1 atom stereocenters. The van der Waals surface area contributed by atoms with Crippen molar-refractivity contribution < 1.29 is 9.59 Å². The maximum Gasteiger partial charge on any atom is 0.339 e. The first kappa shape index (κ1) is 11.2. The van der Waals surface area contributed by atoms with E-state index < -0.39 is 0 Å². The van der Waals surface area contributed by atoms with Gasteiger partial charge in [0, 0.05) is 20.1 Å². The van der Waals surface area contributed by atoms with Gasteiger partial charge in [-0.2, -0.15) is 0 Å². The van der Waals surface area contributed by atoms with Gasteiger partial charge in [-0.15, -0.1) is 0 Å². The number of carbonyl (C=O) groups is 2. The Bertz CT molecular complexity index is 306. The first-order valence-electron chi connectivity index (χ1n) is 5.99. The van der Waals surface area contributed by atoms with E-state index in [1.807, 2.05) is 4.90 Å². The Kier molecular flexibility index (Phi) is 3.03. The molecule has 2 rings (SSSR count). The Morgan fingerprint density at radius 3 is 2.81 bits per heavy atom. The number of carbonyl (C=O) groups excluding carboxylic acids is 2. The van der Waals surface area contributed by atoms with E-state index in [-0.39, 0.29) is 18.0 Å². The van der Waals surface area contributed by atoms with Gasteiger partial charge in [0.25, 0.3) is 0 Å². The third-order valence-corrected chi connectivity index (χ3v) is 3.42. The number of hydrogen-bond acceptors (Lipinski definition) is 2. The molecule has 90 valence electrons. The van der Waals surface area contributed by atoms with Crippen LogP contribution >= 0.6 is 0 Å². The second-order valence-corrected chi connectivity index (χ2v) is 4.53. The average molecular weight is 225 g/mol. The van der Waals surface area contributed by atoms with Crippen LogP contribution in [0.4, 0.5) is 4.79 Å². The summed E-state index contributed by atoms with van der Waals surface area (Å²) in [7, 11) is 1.68. The number of hydrogen-bond donors (Lipinski definition) is 0. The lowest BCUT2D eigenvalue weighted by molar-refractivity contribution is -0.134. The second kappa shape index (κ2) is 4.31. The molecule has 2 aliphatic heterocycles. The van der Waals surface area contributed by atoms with Gasteiger partial charge in [0.1, 0.15) is 0 Å². The Morgan fingerprint density at radius 2 is 2.12 bits per heavy atom. The zero-order chi connectivity index (χ0) is 11.7. The minimum absolute atomic E-state index is 0.00181. The van der Waals surface area contributed by atoms with Gasteiger partial charge in [0.05, 0.1) is 12.5 Å². The normalized spacial score (nSPS) is 25.4. The molecule has 1 unspecified atom stereocenters. The lowest BCUT2D eigenvalue weighted by atomic mass is 10.1. The highest BCUT2D eigenvalue weighted by Gasteiger charge is 2.43. The van der Waals surface area contributed by atoms with Crippen molar-refractivity contribution in [3.8, 4) is 0 Å². The highest BCUT2D eigenvalue weighted by atomic mass is 16.2. The Balaban J connectivity index is 2.04. The van der Waals surface area contributed by atoms with Gasteiger partial charge >= 0.3 is 6.03 Å². The standard InChI is InChI=1S/C11H19N3O2/c1-3-4-6-13-7-5-9-8-10(15)12(2)14(9)11(13)16/h9H,3-8H2,1-2H3. The van der Waals surface area contributed by atoms with E-state index in [1.54, 1.807) is 12.1 Å². The van der Waals surface area contributed by atoms with Crippen molar-refractivity contribution in [2.24, 2.45) is 0 Å². The lowest BCUT2D eigenvalue weighted by Gasteiger charge is -2.39. The monoisotopic (exact) mass is 225 g/mol. The quantitative estimate of drug-likeness (QED) is 0.721. The SMILES string of the molecule is CCCCN1CCC2CC(=O)N(C)N2C1=O. The van der Waals surface area contributed by atoms with E-state index in [9.17, 15) is 9.59 Å². The zero-order valence-corrected chi connectivity index (χ0v) is 9.98. The maximum absolute atomic E-state index is 12.1. The van der Waals surface area contributed by atoms with Crippen LogP contribution in [-0.2, 0) is 4.79 Å². The van der Waals surface area contributed by atoms with E-state index in [0.29, 0.717) is 6.42 Å². The molecule has 0 aromatic rings. The number of urea groups is 1. The first-order chi connectivity index (χ1) is 7.65. The summed E-state index contributed by atoms with van der Waals surface area (Å²) < 4.78 is 0. The van der Waals surface area contributed by atoms with Crippen LogP contribution < -0.4 is 0 Å². The Hall–Kier alpha value is -1.26. The summed E-state index contributed by atoms with van der Waals surface area (Å²) >= 11 is 0. The van der Waals surface area contributed by atoms with Crippen molar-refractivity contribution in [3.63, 3.8) is 0 Å². The lowest BCUT2D eigenvalue weighted by Crippen LogP contribution is -2.56. The van der Waals surface area contributed by atoms with Gasteiger partial charge in [-0.1, -0.05) is 13.3 Å². The fourth-order valence-electron chi connectivity index (χ4n) is 2.40. The summed E-state index contributed by atoms with van der Waals surface area (Å²) in [6.45, 7) is 3.71. The predicted molar refractivity (Wildman–Crippen MR) is 59.5 cm³/mol. The summed E-state index contributed by atoms with van der Waals surface area (Å²) in [5, 5.41) is 3.10. The highest BCUT2D eigenvalue weighted by molar-refractivity contribution is 5.86. The highest BCUT2D eigenvalue weighted by Crippen LogP contribution is 2.26.